The summed E-state index contributed by atoms with van der Waals surface area (Å²) in [5.74, 6) is -2.10. The van der Waals surface area contributed by atoms with Gasteiger partial charge in [0.2, 0.25) is 21.8 Å². The SMILES string of the molecule is Cc1ccc(S(=O)(=O)N[C@@H](CSCc2ccccc2)C(=O)N[C@@H](Cc2ccc(O)cc2)C(=O)N[C@@H](CC(C)C)C(=O)O)cc1. The molecule has 44 heavy (non-hydrogen) atoms. The summed E-state index contributed by atoms with van der Waals surface area (Å²) < 4.78 is 29.1. The molecule has 0 unspecified atom stereocenters. The van der Waals surface area contributed by atoms with Gasteiger partial charge in [-0.15, -0.1) is 0 Å². The predicted octanol–water partition coefficient (Wildman–Crippen LogP) is 3.62. The van der Waals surface area contributed by atoms with Crippen LogP contribution in [0.25, 0.3) is 0 Å². The van der Waals surface area contributed by atoms with Crippen LogP contribution >= 0.6 is 11.8 Å². The maximum atomic E-state index is 13.7. The van der Waals surface area contributed by atoms with Crippen molar-refractivity contribution in [1.29, 1.82) is 0 Å². The van der Waals surface area contributed by atoms with E-state index in [2.05, 4.69) is 15.4 Å². The minimum Gasteiger partial charge on any atom is -0.508 e. The number of rotatable bonds is 16. The van der Waals surface area contributed by atoms with Gasteiger partial charge >= 0.3 is 5.97 Å². The van der Waals surface area contributed by atoms with E-state index in [1.54, 1.807) is 24.3 Å². The molecule has 0 bridgehead atoms. The number of phenols is 1. The average molecular weight is 642 g/mol. The fraction of sp³-hybridized carbons (Fsp3) is 0.344. The van der Waals surface area contributed by atoms with Crippen molar-refractivity contribution in [1.82, 2.24) is 15.4 Å². The second-order valence-electron chi connectivity index (χ2n) is 10.9. The highest BCUT2D eigenvalue weighted by atomic mass is 32.2. The number of thioether (sulfide) groups is 1. The molecule has 0 aliphatic rings. The topological polar surface area (TPSA) is 162 Å². The molecule has 2 amide bonds. The number of phenolic OH excluding ortho intramolecular Hbond substituents is 1. The number of carbonyl (C=O) groups is 3. The summed E-state index contributed by atoms with van der Waals surface area (Å²) in [6.45, 7) is 5.49. The van der Waals surface area contributed by atoms with Crippen molar-refractivity contribution < 1.29 is 33.0 Å². The van der Waals surface area contributed by atoms with E-state index in [4.69, 9.17) is 0 Å². The van der Waals surface area contributed by atoms with Gasteiger partial charge in [0.05, 0.1) is 4.90 Å². The summed E-state index contributed by atoms with van der Waals surface area (Å²) in [4.78, 5) is 39.0. The molecule has 3 rings (SSSR count). The van der Waals surface area contributed by atoms with Crippen LogP contribution in [0.1, 0.15) is 37.0 Å². The van der Waals surface area contributed by atoms with E-state index >= 15 is 0 Å². The molecule has 0 aromatic heterocycles. The highest BCUT2D eigenvalue weighted by molar-refractivity contribution is 7.98. The molecule has 0 fully saturated rings. The molecule has 5 N–H and O–H groups in total. The first-order chi connectivity index (χ1) is 20.8. The van der Waals surface area contributed by atoms with Gasteiger partial charge in [0.15, 0.2) is 0 Å². The number of benzene rings is 3. The maximum Gasteiger partial charge on any atom is 0.326 e. The van der Waals surface area contributed by atoms with E-state index < -0.39 is 45.9 Å². The van der Waals surface area contributed by atoms with Crippen molar-refractivity contribution in [2.45, 2.75) is 62.4 Å². The lowest BCUT2D eigenvalue weighted by Gasteiger charge is -2.25. The summed E-state index contributed by atoms with van der Waals surface area (Å²) in [5, 5.41) is 24.5. The van der Waals surface area contributed by atoms with Crippen LogP contribution in [0.4, 0.5) is 0 Å². The van der Waals surface area contributed by atoms with Gasteiger partial charge in [-0.1, -0.05) is 74.0 Å². The van der Waals surface area contributed by atoms with Crippen LogP contribution < -0.4 is 15.4 Å². The van der Waals surface area contributed by atoms with Gasteiger partial charge < -0.3 is 20.8 Å². The Labute approximate surface area is 262 Å². The number of carbonyl (C=O) groups excluding carboxylic acids is 2. The Morgan fingerprint density at radius 2 is 1.39 bits per heavy atom. The highest BCUT2D eigenvalue weighted by Gasteiger charge is 2.31. The summed E-state index contributed by atoms with van der Waals surface area (Å²) >= 11 is 1.35. The Hall–Kier alpha value is -3.87. The lowest BCUT2D eigenvalue weighted by Crippen LogP contribution is -2.57. The second kappa shape index (κ2) is 16.3. The number of aliphatic carboxylic acids is 1. The summed E-state index contributed by atoms with van der Waals surface area (Å²) in [7, 11) is -4.11. The minimum atomic E-state index is -4.11. The molecule has 0 saturated carbocycles. The first-order valence-corrected chi connectivity index (χ1v) is 16.8. The zero-order valence-corrected chi connectivity index (χ0v) is 26.5. The van der Waals surface area contributed by atoms with Crippen molar-refractivity contribution in [2.75, 3.05) is 5.75 Å². The number of carboxylic acids is 1. The zero-order valence-electron chi connectivity index (χ0n) is 24.9. The smallest absolute Gasteiger partial charge is 0.326 e. The third-order valence-corrected chi connectivity index (χ3v) is 9.27. The van der Waals surface area contributed by atoms with Gasteiger partial charge in [-0.05, 0) is 54.7 Å². The minimum absolute atomic E-state index is 0.00895. The van der Waals surface area contributed by atoms with Gasteiger partial charge in [-0.3, -0.25) is 9.59 Å². The quantitative estimate of drug-likeness (QED) is 0.158. The standard InChI is InChI=1S/C32H39N3O7S2/c1-21(2)17-28(32(39)40)34-30(37)27(18-23-11-13-25(36)14-12-23)33-31(38)29(20-43-19-24-7-5-4-6-8-24)35-44(41,42)26-15-9-22(3)10-16-26/h4-16,21,27-29,35-36H,17-20H2,1-3H3,(H,33,38)(H,34,37)(H,39,40)/t27-,28-,29-/m0/s1. The molecule has 10 nitrogen and oxygen atoms in total. The summed E-state index contributed by atoms with van der Waals surface area (Å²) in [6.07, 6.45) is 0.149. The first kappa shape index (κ1) is 34.6. The van der Waals surface area contributed by atoms with Gasteiger partial charge in [0.1, 0.15) is 23.9 Å². The Kier molecular flexibility index (Phi) is 12.8. The largest absolute Gasteiger partial charge is 0.508 e. The Balaban J connectivity index is 1.87. The number of aryl methyl sites for hydroxylation is 1. The summed E-state index contributed by atoms with van der Waals surface area (Å²) in [5.41, 5.74) is 2.46. The van der Waals surface area contributed by atoms with Gasteiger partial charge in [0.25, 0.3) is 0 Å². The molecule has 0 saturated heterocycles. The molecular formula is C32H39N3O7S2. The number of sulfonamides is 1. The molecule has 236 valence electrons. The van der Waals surface area contributed by atoms with Crippen LogP contribution in [0.3, 0.4) is 0 Å². The Morgan fingerprint density at radius 3 is 1.98 bits per heavy atom. The number of nitrogens with one attached hydrogen (secondary N) is 3. The van der Waals surface area contributed by atoms with Crippen LogP contribution in [0, 0.1) is 12.8 Å². The van der Waals surface area contributed by atoms with Gasteiger partial charge in [-0.25, -0.2) is 13.2 Å². The van der Waals surface area contributed by atoms with Crippen LogP contribution in [0.2, 0.25) is 0 Å². The molecule has 3 aromatic rings. The molecule has 0 spiro atoms. The van der Waals surface area contributed by atoms with Crippen molar-refractivity contribution in [3.8, 4) is 5.75 Å². The molecule has 0 heterocycles. The molecule has 0 aliphatic heterocycles. The molecular weight excluding hydrogens is 603 g/mol. The van der Waals surface area contributed by atoms with Crippen molar-refractivity contribution in [2.24, 2.45) is 5.92 Å². The monoisotopic (exact) mass is 641 g/mol. The molecule has 3 atom stereocenters. The van der Waals surface area contributed by atoms with Crippen LogP contribution in [0.5, 0.6) is 5.75 Å². The predicted molar refractivity (Wildman–Crippen MR) is 171 cm³/mol. The van der Waals surface area contributed by atoms with E-state index in [9.17, 15) is 33.0 Å². The van der Waals surface area contributed by atoms with Gasteiger partial charge in [0, 0.05) is 17.9 Å². The molecule has 0 radical (unpaired) electrons. The second-order valence-corrected chi connectivity index (χ2v) is 13.7. The number of hydrogen-bond acceptors (Lipinski definition) is 7. The number of amides is 2. The number of carboxylic acid groups (broad SMARTS) is 1. The lowest BCUT2D eigenvalue weighted by atomic mass is 10.0. The molecule has 0 aliphatic carbocycles. The van der Waals surface area contributed by atoms with Crippen LogP contribution in [-0.2, 0) is 36.6 Å². The maximum absolute atomic E-state index is 13.7. The number of aromatic hydroxyl groups is 1. The fourth-order valence-corrected chi connectivity index (χ4v) is 6.64. The summed E-state index contributed by atoms with van der Waals surface area (Å²) in [6, 6.07) is 18.1. The first-order valence-electron chi connectivity index (χ1n) is 14.2. The Bertz CT molecular complexity index is 1500. The van der Waals surface area contributed by atoms with Gasteiger partial charge in [-0.2, -0.15) is 16.5 Å². The van der Waals surface area contributed by atoms with Crippen LogP contribution in [-0.4, -0.2) is 60.3 Å². The third-order valence-electron chi connectivity index (χ3n) is 6.67. The molecule has 3 aromatic carbocycles. The van der Waals surface area contributed by atoms with Crippen LogP contribution in [0.15, 0.2) is 83.8 Å². The van der Waals surface area contributed by atoms with E-state index in [-0.39, 0.29) is 35.2 Å². The van der Waals surface area contributed by atoms with Crippen molar-refractivity contribution >= 4 is 39.6 Å². The normalized spacial score (nSPS) is 13.5. The third kappa shape index (κ3) is 11.0. The lowest BCUT2D eigenvalue weighted by molar-refractivity contribution is -0.142. The number of hydrogen-bond donors (Lipinski definition) is 5. The fourth-order valence-electron chi connectivity index (χ4n) is 4.32. The van der Waals surface area contributed by atoms with E-state index in [0.29, 0.717) is 11.3 Å². The van der Waals surface area contributed by atoms with E-state index in [0.717, 1.165) is 11.1 Å². The highest BCUT2D eigenvalue weighted by Crippen LogP contribution is 2.17. The molecule has 12 heteroatoms. The van der Waals surface area contributed by atoms with Crippen molar-refractivity contribution in [3.63, 3.8) is 0 Å². The Morgan fingerprint density at radius 1 is 0.795 bits per heavy atom. The zero-order chi connectivity index (χ0) is 32.3. The van der Waals surface area contributed by atoms with E-state index in [1.807, 2.05) is 51.1 Å². The van der Waals surface area contributed by atoms with Crippen molar-refractivity contribution in [3.05, 3.63) is 95.6 Å². The average Bonchev–Trinajstić information content (AvgIpc) is 2.97. The van der Waals surface area contributed by atoms with E-state index in [1.165, 1.54) is 36.0 Å².